The van der Waals surface area contributed by atoms with Crippen molar-refractivity contribution in [3.63, 3.8) is 0 Å². The van der Waals surface area contributed by atoms with E-state index in [4.69, 9.17) is 10.5 Å². The fourth-order valence-electron chi connectivity index (χ4n) is 1.80. The van der Waals surface area contributed by atoms with Gasteiger partial charge in [0, 0.05) is 11.6 Å². The van der Waals surface area contributed by atoms with Crippen LogP contribution >= 0.6 is 0 Å². The number of carbonyl (C=O) groups excluding carboxylic acids is 2. The maximum atomic E-state index is 10.00. The zero-order chi connectivity index (χ0) is 19.4. The summed E-state index contributed by atoms with van der Waals surface area (Å²) in [5.41, 5.74) is 2.34. The van der Waals surface area contributed by atoms with Crippen LogP contribution in [0.1, 0.15) is 11.1 Å². The molecular formula is C18H12N4O4. The molecule has 2 rings (SSSR count). The van der Waals surface area contributed by atoms with Crippen molar-refractivity contribution in [2.45, 2.75) is 13.8 Å². The smallest absolute Gasteiger partial charge is 0.292 e. The Kier molecular flexibility index (Phi) is 8.03. The molecule has 8 nitrogen and oxygen atoms in total. The summed E-state index contributed by atoms with van der Waals surface area (Å²) in [6.45, 7) is 3.50. The van der Waals surface area contributed by atoms with E-state index in [1.54, 1.807) is 56.7 Å². The molecule has 0 atom stereocenters. The number of hydrogen-bond acceptors (Lipinski definition) is 8. The first-order valence-corrected chi connectivity index (χ1v) is 7.05. The SMILES string of the molecule is Cc1c(N=C=O)cccc1OC#N.Cc1ccc(N=C=O)cc1OC#N. The van der Waals surface area contributed by atoms with Crippen LogP contribution in [0.4, 0.5) is 11.4 Å². The van der Waals surface area contributed by atoms with Crippen LogP contribution in [-0.4, -0.2) is 12.2 Å². The number of rotatable bonds is 4. The van der Waals surface area contributed by atoms with E-state index < -0.39 is 0 Å². The van der Waals surface area contributed by atoms with Crippen molar-refractivity contribution in [3.05, 3.63) is 47.5 Å². The average Bonchev–Trinajstić information content (AvgIpc) is 2.63. The highest BCUT2D eigenvalue weighted by Gasteiger charge is 2.03. The van der Waals surface area contributed by atoms with Gasteiger partial charge in [0.2, 0.25) is 12.2 Å². The van der Waals surface area contributed by atoms with Gasteiger partial charge in [-0.25, -0.2) is 9.59 Å². The Morgan fingerprint density at radius 3 is 2.15 bits per heavy atom. The molecule has 26 heavy (non-hydrogen) atoms. The molecule has 0 N–H and O–H groups in total. The fourth-order valence-corrected chi connectivity index (χ4v) is 1.80. The van der Waals surface area contributed by atoms with Crippen LogP contribution < -0.4 is 9.47 Å². The van der Waals surface area contributed by atoms with Crippen LogP contribution in [-0.2, 0) is 9.59 Å². The number of aryl methyl sites for hydroxylation is 1. The summed E-state index contributed by atoms with van der Waals surface area (Å²) >= 11 is 0. The van der Waals surface area contributed by atoms with Gasteiger partial charge < -0.3 is 9.47 Å². The highest BCUT2D eigenvalue weighted by molar-refractivity contribution is 5.58. The predicted molar refractivity (Wildman–Crippen MR) is 90.4 cm³/mol. The molecule has 0 aliphatic carbocycles. The third kappa shape index (κ3) is 5.77. The van der Waals surface area contributed by atoms with E-state index in [1.807, 2.05) is 0 Å². The van der Waals surface area contributed by atoms with Crippen molar-refractivity contribution in [1.82, 2.24) is 0 Å². The second-order valence-electron chi connectivity index (χ2n) is 4.64. The molecule has 8 heteroatoms. The summed E-state index contributed by atoms with van der Waals surface area (Å²) in [5, 5.41) is 16.6. The highest BCUT2D eigenvalue weighted by Crippen LogP contribution is 2.27. The van der Waals surface area contributed by atoms with Gasteiger partial charge in [0.15, 0.2) is 0 Å². The van der Waals surface area contributed by atoms with Crippen molar-refractivity contribution in [2.24, 2.45) is 9.98 Å². The molecule has 0 radical (unpaired) electrons. The number of aliphatic imine (C=N–C) groups is 2. The summed E-state index contributed by atoms with van der Waals surface area (Å²) < 4.78 is 9.28. The Balaban J connectivity index is 0.000000260. The third-order valence-electron chi connectivity index (χ3n) is 3.08. The molecule has 128 valence electrons. The van der Waals surface area contributed by atoms with E-state index in [0.717, 1.165) is 5.56 Å². The van der Waals surface area contributed by atoms with Crippen molar-refractivity contribution < 1.29 is 19.1 Å². The van der Waals surface area contributed by atoms with Crippen molar-refractivity contribution in [1.29, 1.82) is 10.5 Å². The highest BCUT2D eigenvalue weighted by atomic mass is 16.5. The first-order valence-electron chi connectivity index (χ1n) is 7.05. The number of benzene rings is 2. The molecule has 0 aliphatic rings. The standard InChI is InChI=1S/2C9H6N2O2/c1-7-2-3-8(11-6-12)4-9(7)13-5-10;1-7-8(11-6-12)3-2-4-9(7)13-5-10/h2*2-4H,1H3. The van der Waals surface area contributed by atoms with Gasteiger partial charge in [-0.15, -0.1) is 10.5 Å². The van der Waals surface area contributed by atoms with Crippen molar-refractivity contribution in [3.8, 4) is 24.0 Å². The molecule has 0 saturated carbocycles. The Morgan fingerprint density at radius 2 is 1.54 bits per heavy atom. The number of isocyanates is 2. The van der Waals surface area contributed by atoms with Crippen molar-refractivity contribution >= 4 is 23.5 Å². The maximum absolute atomic E-state index is 10.00. The lowest BCUT2D eigenvalue weighted by molar-refractivity contribution is 0.503. The number of nitrogens with zero attached hydrogens (tertiary/aromatic N) is 4. The normalized spacial score (nSPS) is 8.31. The zero-order valence-electron chi connectivity index (χ0n) is 13.9. The molecule has 0 aromatic heterocycles. The molecule has 0 amide bonds. The Hall–Kier alpha value is -4.22. The summed E-state index contributed by atoms with van der Waals surface area (Å²) in [7, 11) is 0. The van der Waals surface area contributed by atoms with Gasteiger partial charge in [-0.3, -0.25) is 0 Å². The number of ether oxygens (including phenoxy) is 2. The minimum atomic E-state index is 0.402. The molecule has 0 aliphatic heterocycles. The lowest BCUT2D eigenvalue weighted by atomic mass is 10.2. The third-order valence-corrected chi connectivity index (χ3v) is 3.08. The molecule has 0 heterocycles. The van der Waals surface area contributed by atoms with E-state index >= 15 is 0 Å². The number of hydrogen-bond donors (Lipinski definition) is 0. The molecule has 2 aromatic carbocycles. The molecule has 0 fully saturated rings. The van der Waals surface area contributed by atoms with Gasteiger partial charge in [-0.05, 0) is 37.6 Å². The van der Waals surface area contributed by atoms with Gasteiger partial charge in [0.05, 0.1) is 11.4 Å². The fraction of sp³-hybridized carbons (Fsp3) is 0.111. The van der Waals surface area contributed by atoms with Gasteiger partial charge in [-0.1, -0.05) is 12.1 Å². The summed E-state index contributed by atoms with van der Waals surface area (Å²) in [4.78, 5) is 26.8. The van der Waals surface area contributed by atoms with E-state index in [2.05, 4.69) is 19.5 Å². The van der Waals surface area contributed by atoms with Crippen LogP contribution in [0.5, 0.6) is 11.5 Å². The second-order valence-corrected chi connectivity index (χ2v) is 4.64. The maximum Gasteiger partial charge on any atom is 0.292 e. The summed E-state index contributed by atoms with van der Waals surface area (Å²) in [5.74, 6) is 0.804. The Labute approximate surface area is 149 Å². The van der Waals surface area contributed by atoms with Gasteiger partial charge in [0.1, 0.15) is 11.5 Å². The second kappa shape index (κ2) is 10.5. The van der Waals surface area contributed by atoms with E-state index in [-0.39, 0.29) is 0 Å². The molecule has 0 bridgehead atoms. The quantitative estimate of drug-likeness (QED) is 0.472. The van der Waals surface area contributed by atoms with Gasteiger partial charge >= 0.3 is 0 Å². The Morgan fingerprint density at radius 1 is 0.885 bits per heavy atom. The summed E-state index contributed by atoms with van der Waals surface area (Å²) in [6.07, 6.45) is 5.95. The van der Waals surface area contributed by atoms with Crippen LogP contribution in [0.2, 0.25) is 0 Å². The van der Waals surface area contributed by atoms with Crippen LogP contribution in [0.25, 0.3) is 0 Å². The number of nitriles is 2. The largest absolute Gasteiger partial charge is 0.388 e. The molecule has 0 unspecified atom stereocenters. The van der Waals surface area contributed by atoms with Gasteiger partial charge in [-0.2, -0.15) is 9.98 Å². The molecule has 0 spiro atoms. The minimum absolute atomic E-state index is 0.402. The lowest BCUT2D eigenvalue weighted by Crippen LogP contribution is -1.85. The summed E-state index contributed by atoms with van der Waals surface area (Å²) in [6, 6.07) is 9.78. The lowest BCUT2D eigenvalue weighted by Gasteiger charge is -2.01. The first kappa shape index (κ1) is 19.8. The van der Waals surface area contributed by atoms with Crippen LogP contribution in [0, 0.1) is 36.9 Å². The van der Waals surface area contributed by atoms with Crippen LogP contribution in [0.3, 0.4) is 0 Å². The topological polar surface area (TPSA) is 125 Å². The minimum Gasteiger partial charge on any atom is -0.388 e. The molecule has 0 saturated heterocycles. The predicted octanol–water partition coefficient (Wildman–Crippen LogP) is 3.64. The van der Waals surface area contributed by atoms with Crippen LogP contribution in [0.15, 0.2) is 46.4 Å². The van der Waals surface area contributed by atoms with E-state index in [0.29, 0.717) is 28.4 Å². The monoisotopic (exact) mass is 348 g/mol. The van der Waals surface area contributed by atoms with E-state index in [9.17, 15) is 9.59 Å². The zero-order valence-corrected chi connectivity index (χ0v) is 13.9. The Bertz CT molecular complexity index is 946. The average molecular weight is 348 g/mol. The van der Waals surface area contributed by atoms with Crippen molar-refractivity contribution in [2.75, 3.05) is 0 Å². The molecular weight excluding hydrogens is 336 g/mol. The molecule has 2 aromatic rings. The first-order chi connectivity index (χ1) is 12.6. The van der Waals surface area contributed by atoms with E-state index in [1.165, 1.54) is 18.2 Å². The van der Waals surface area contributed by atoms with Gasteiger partial charge in [0.25, 0.3) is 12.5 Å².